The first kappa shape index (κ1) is 16.1. The molecule has 0 spiro atoms. The van der Waals surface area contributed by atoms with E-state index >= 15 is 0 Å². The molecule has 3 rings (SSSR count). The molecule has 0 fully saturated rings. The first-order valence-electron chi connectivity index (χ1n) is 7.54. The van der Waals surface area contributed by atoms with Crippen LogP contribution in [0, 0.1) is 13.8 Å². The third kappa shape index (κ3) is 3.28. The standard InChI is InChI=1S/C18H18N4OS/c1-12-7-6-8-13(2)16(12)21-17(23)14-11-20-18(24-14)22(3)15-9-4-5-10-19-15/h4-11H,1-3H3,(H,21,23). The lowest BCUT2D eigenvalue weighted by atomic mass is 10.1. The minimum absolute atomic E-state index is 0.148. The van der Waals surface area contributed by atoms with Gasteiger partial charge in [0.25, 0.3) is 5.91 Å². The molecule has 0 aliphatic rings. The number of aromatic nitrogens is 2. The minimum atomic E-state index is -0.148. The topological polar surface area (TPSA) is 58.1 Å². The molecule has 1 N–H and O–H groups in total. The number of anilines is 3. The second-order valence-electron chi connectivity index (χ2n) is 5.47. The van der Waals surface area contributed by atoms with Gasteiger partial charge in [-0.05, 0) is 37.1 Å². The van der Waals surface area contributed by atoms with Gasteiger partial charge in [0.15, 0.2) is 5.13 Å². The number of nitrogens with one attached hydrogen (secondary N) is 1. The molecule has 2 aromatic heterocycles. The Morgan fingerprint density at radius 3 is 2.50 bits per heavy atom. The summed E-state index contributed by atoms with van der Waals surface area (Å²) < 4.78 is 0. The maximum Gasteiger partial charge on any atom is 0.267 e. The second kappa shape index (κ2) is 6.80. The first-order valence-corrected chi connectivity index (χ1v) is 8.36. The number of benzene rings is 1. The van der Waals surface area contributed by atoms with Crippen LogP contribution in [0.2, 0.25) is 0 Å². The third-order valence-corrected chi connectivity index (χ3v) is 4.79. The molecule has 24 heavy (non-hydrogen) atoms. The van der Waals surface area contributed by atoms with Gasteiger partial charge in [0, 0.05) is 18.9 Å². The highest BCUT2D eigenvalue weighted by Crippen LogP contribution is 2.28. The Morgan fingerprint density at radius 1 is 1.08 bits per heavy atom. The molecule has 0 saturated carbocycles. The van der Waals surface area contributed by atoms with Crippen LogP contribution in [0.4, 0.5) is 16.6 Å². The van der Waals surface area contributed by atoms with Crippen molar-refractivity contribution < 1.29 is 4.79 Å². The summed E-state index contributed by atoms with van der Waals surface area (Å²) in [6.07, 6.45) is 3.33. The van der Waals surface area contributed by atoms with Crippen molar-refractivity contribution in [3.8, 4) is 0 Å². The van der Waals surface area contributed by atoms with Crippen LogP contribution < -0.4 is 10.2 Å². The fourth-order valence-corrected chi connectivity index (χ4v) is 3.14. The smallest absolute Gasteiger partial charge is 0.267 e. The summed E-state index contributed by atoms with van der Waals surface area (Å²) in [5.74, 6) is 0.638. The number of para-hydroxylation sites is 1. The lowest BCUT2D eigenvalue weighted by Gasteiger charge is -2.13. The van der Waals surface area contributed by atoms with Crippen molar-refractivity contribution in [2.45, 2.75) is 13.8 Å². The number of aryl methyl sites for hydroxylation is 2. The largest absolute Gasteiger partial charge is 0.321 e. The number of carbonyl (C=O) groups excluding carboxylic acids is 1. The molecule has 1 amide bonds. The summed E-state index contributed by atoms with van der Waals surface area (Å²) >= 11 is 1.34. The lowest BCUT2D eigenvalue weighted by molar-refractivity contribution is 0.103. The highest BCUT2D eigenvalue weighted by atomic mass is 32.1. The van der Waals surface area contributed by atoms with Gasteiger partial charge in [0.1, 0.15) is 10.7 Å². The van der Waals surface area contributed by atoms with Gasteiger partial charge in [-0.3, -0.25) is 4.79 Å². The van der Waals surface area contributed by atoms with Crippen molar-refractivity contribution in [2.24, 2.45) is 0 Å². The molecule has 0 aliphatic heterocycles. The molecule has 3 aromatic rings. The molecule has 0 saturated heterocycles. The zero-order valence-corrected chi connectivity index (χ0v) is 14.6. The zero-order valence-electron chi connectivity index (χ0n) is 13.8. The molecule has 122 valence electrons. The summed E-state index contributed by atoms with van der Waals surface area (Å²) in [4.78, 5) is 23.6. The highest BCUT2D eigenvalue weighted by Gasteiger charge is 2.16. The Labute approximate surface area is 145 Å². The fourth-order valence-electron chi connectivity index (χ4n) is 2.36. The van der Waals surface area contributed by atoms with Crippen molar-refractivity contribution in [3.05, 3.63) is 64.8 Å². The maximum absolute atomic E-state index is 12.5. The van der Waals surface area contributed by atoms with E-state index in [1.54, 1.807) is 12.4 Å². The maximum atomic E-state index is 12.5. The van der Waals surface area contributed by atoms with Gasteiger partial charge < -0.3 is 10.2 Å². The second-order valence-corrected chi connectivity index (χ2v) is 6.48. The Hall–Kier alpha value is -2.73. The van der Waals surface area contributed by atoms with Gasteiger partial charge in [-0.1, -0.05) is 35.6 Å². The minimum Gasteiger partial charge on any atom is -0.321 e. The lowest BCUT2D eigenvalue weighted by Crippen LogP contribution is -2.12. The van der Waals surface area contributed by atoms with Crippen LogP contribution in [0.3, 0.4) is 0 Å². The van der Waals surface area contributed by atoms with Crippen LogP contribution in [-0.4, -0.2) is 22.9 Å². The third-order valence-electron chi connectivity index (χ3n) is 3.72. The fraction of sp³-hybridized carbons (Fsp3) is 0.167. The van der Waals surface area contributed by atoms with Gasteiger partial charge in [-0.25, -0.2) is 9.97 Å². The van der Waals surface area contributed by atoms with Gasteiger partial charge in [0.2, 0.25) is 0 Å². The van der Waals surface area contributed by atoms with E-state index < -0.39 is 0 Å². The van der Waals surface area contributed by atoms with E-state index in [-0.39, 0.29) is 5.91 Å². The summed E-state index contributed by atoms with van der Waals surface area (Å²) in [6.45, 7) is 3.96. The van der Waals surface area contributed by atoms with E-state index in [9.17, 15) is 4.79 Å². The summed E-state index contributed by atoms with van der Waals surface area (Å²) in [5.41, 5.74) is 2.94. The van der Waals surface area contributed by atoms with Crippen LogP contribution in [0.5, 0.6) is 0 Å². The first-order chi connectivity index (χ1) is 11.6. The molecule has 0 unspecified atom stereocenters. The van der Waals surface area contributed by atoms with Gasteiger partial charge >= 0.3 is 0 Å². The summed E-state index contributed by atoms with van der Waals surface area (Å²) in [5, 5.41) is 3.71. The van der Waals surface area contributed by atoms with E-state index in [4.69, 9.17) is 0 Å². The highest BCUT2D eigenvalue weighted by molar-refractivity contribution is 7.17. The van der Waals surface area contributed by atoms with Crippen LogP contribution in [-0.2, 0) is 0 Å². The van der Waals surface area contributed by atoms with Crippen molar-refractivity contribution in [2.75, 3.05) is 17.3 Å². The van der Waals surface area contributed by atoms with E-state index in [1.165, 1.54) is 11.3 Å². The zero-order chi connectivity index (χ0) is 17.1. The molecule has 0 atom stereocenters. The molecule has 6 heteroatoms. The van der Waals surface area contributed by atoms with Gasteiger partial charge in [-0.15, -0.1) is 0 Å². The number of thiazole rings is 1. The predicted molar refractivity (Wildman–Crippen MR) is 98.3 cm³/mol. The van der Waals surface area contributed by atoms with E-state index in [1.807, 2.05) is 62.2 Å². The monoisotopic (exact) mass is 338 g/mol. The van der Waals surface area contributed by atoms with Gasteiger partial charge in [0.05, 0.1) is 6.20 Å². The normalized spacial score (nSPS) is 10.5. The van der Waals surface area contributed by atoms with Crippen LogP contribution in [0.25, 0.3) is 0 Å². The van der Waals surface area contributed by atoms with E-state index in [0.29, 0.717) is 4.88 Å². The van der Waals surface area contributed by atoms with Crippen molar-refractivity contribution in [1.82, 2.24) is 9.97 Å². The number of carbonyl (C=O) groups is 1. The molecule has 0 aliphatic carbocycles. The summed E-state index contributed by atoms with van der Waals surface area (Å²) in [6, 6.07) is 11.6. The van der Waals surface area contributed by atoms with Crippen molar-refractivity contribution >= 4 is 33.9 Å². The summed E-state index contributed by atoms with van der Waals surface area (Å²) in [7, 11) is 1.88. The van der Waals surface area contributed by atoms with Crippen molar-refractivity contribution in [3.63, 3.8) is 0 Å². The Kier molecular flexibility index (Phi) is 4.57. The Bertz CT molecular complexity index is 840. The number of amides is 1. The number of nitrogens with zero attached hydrogens (tertiary/aromatic N) is 3. The van der Waals surface area contributed by atoms with E-state index in [2.05, 4.69) is 15.3 Å². The average molecular weight is 338 g/mol. The molecular weight excluding hydrogens is 320 g/mol. The SMILES string of the molecule is Cc1cccc(C)c1NC(=O)c1cnc(N(C)c2ccccn2)s1. The number of hydrogen-bond donors (Lipinski definition) is 1. The number of rotatable bonds is 4. The van der Waals surface area contributed by atoms with E-state index in [0.717, 1.165) is 27.8 Å². The van der Waals surface area contributed by atoms with Crippen molar-refractivity contribution in [1.29, 1.82) is 0 Å². The average Bonchev–Trinajstić information content (AvgIpc) is 3.08. The Morgan fingerprint density at radius 2 is 1.83 bits per heavy atom. The molecule has 0 bridgehead atoms. The molecule has 5 nitrogen and oxygen atoms in total. The van der Waals surface area contributed by atoms with Crippen LogP contribution in [0.1, 0.15) is 20.8 Å². The molecular formula is C18H18N4OS. The molecule has 1 aromatic carbocycles. The number of pyridine rings is 1. The quantitative estimate of drug-likeness (QED) is 0.775. The molecule has 2 heterocycles. The Balaban J connectivity index is 1.79. The van der Waals surface area contributed by atoms with Crippen LogP contribution in [0.15, 0.2) is 48.8 Å². The van der Waals surface area contributed by atoms with Crippen LogP contribution >= 0.6 is 11.3 Å². The number of hydrogen-bond acceptors (Lipinski definition) is 5. The van der Waals surface area contributed by atoms with Gasteiger partial charge in [-0.2, -0.15) is 0 Å². The molecule has 0 radical (unpaired) electrons. The predicted octanol–water partition coefficient (Wildman–Crippen LogP) is 4.18.